The topological polar surface area (TPSA) is 26.0 Å². The summed E-state index contributed by atoms with van der Waals surface area (Å²) in [6.45, 7) is 4.53. The van der Waals surface area contributed by atoms with Crippen LogP contribution in [0.15, 0.2) is 0 Å². The maximum Gasteiger partial charge on any atom is 0.0538 e. The van der Waals surface area contributed by atoms with E-state index in [1.54, 1.807) is 0 Å². The molecule has 0 amide bonds. The van der Waals surface area contributed by atoms with Gasteiger partial charge in [-0.15, -0.1) is 11.6 Å². The average molecular weight is 122 g/mol. The van der Waals surface area contributed by atoms with Crippen molar-refractivity contribution in [3.8, 4) is 0 Å². The van der Waals surface area contributed by atoms with E-state index in [9.17, 15) is 0 Å². The molecule has 2 N–H and O–H groups in total. The lowest BCUT2D eigenvalue weighted by Crippen LogP contribution is -2.26. The van der Waals surface area contributed by atoms with Gasteiger partial charge in [0.05, 0.1) is 4.87 Å². The molecule has 0 aliphatic heterocycles. The van der Waals surface area contributed by atoms with Crippen LogP contribution in [0.4, 0.5) is 0 Å². The molecule has 0 radical (unpaired) electrons. The van der Waals surface area contributed by atoms with Crippen LogP contribution < -0.4 is 5.73 Å². The Bertz CT molecular complexity index is 46.0. The van der Waals surface area contributed by atoms with Crippen LogP contribution in [-0.4, -0.2) is 11.4 Å². The normalized spacial score (nSPS) is 18.9. The fraction of sp³-hybridized carbons (Fsp3) is 1.00. The third-order valence-corrected chi connectivity index (χ3v) is 1.58. The molecule has 1 atom stereocenters. The third kappa shape index (κ3) is 2.89. The van der Waals surface area contributed by atoms with Gasteiger partial charge in [0.15, 0.2) is 0 Å². The maximum absolute atomic E-state index is 5.78. The molecule has 0 aromatic carbocycles. The van der Waals surface area contributed by atoms with E-state index < -0.39 is 0 Å². The van der Waals surface area contributed by atoms with E-state index in [2.05, 4.69) is 0 Å². The van der Waals surface area contributed by atoms with Crippen molar-refractivity contribution in [3.63, 3.8) is 0 Å². The van der Waals surface area contributed by atoms with Gasteiger partial charge in [0.2, 0.25) is 0 Å². The third-order valence-electron chi connectivity index (χ3n) is 1.16. The molecule has 7 heavy (non-hydrogen) atoms. The van der Waals surface area contributed by atoms with Gasteiger partial charge in [0.25, 0.3) is 0 Å². The smallest absolute Gasteiger partial charge is 0.0538 e. The molecule has 1 unspecified atom stereocenters. The Hall–Kier alpha value is 0.250. The Morgan fingerprint density at radius 3 is 2.14 bits per heavy atom. The number of nitrogens with two attached hydrogens (primary N) is 1. The van der Waals surface area contributed by atoms with Gasteiger partial charge in [-0.2, -0.15) is 0 Å². The maximum atomic E-state index is 5.78. The van der Waals surface area contributed by atoms with Crippen molar-refractivity contribution in [1.82, 2.24) is 0 Å². The predicted octanol–water partition coefficient (Wildman–Crippen LogP) is 1.35. The minimum absolute atomic E-state index is 0.167. The summed E-state index contributed by atoms with van der Waals surface area (Å²) in [5.74, 6) is 0. The molecule has 0 rings (SSSR count). The van der Waals surface area contributed by atoms with Crippen molar-refractivity contribution in [2.24, 2.45) is 5.73 Å². The molecule has 0 bridgehead atoms. The second kappa shape index (κ2) is 2.53. The fourth-order valence-electron chi connectivity index (χ4n) is 0.144. The fourth-order valence-corrected chi connectivity index (χ4v) is 0.144. The molecule has 0 saturated heterocycles. The predicted molar refractivity (Wildman–Crippen MR) is 33.6 cm³/mol. The highest BCUT2D eigenvalue weighted by molar-refractivity contribution is 6.23. The molecule has 0 aliphatic carbocycles. The van der Waals surface area contributed by atoms with E-state index in [1.807, 2.05) is 13.8 Å². The first kappa shape index (κ1) is 7.25. The first-order chi connectivity index (χ1) is 3.12. The first-order valence-electron chi connectivity index (χ1n) is 2.51. The number of halogens is 1. The van der Waals surface area contributed by atoms with E-state index in [4.69, 9.17) is 17.3 Å². The van der Waals surface area contributed by atoms with Crippen LogP contribution in [0.25, 0.3) is 0 Å². The number of hydrogen-bond donors (Lipinski definition) is 1. The largest absolute Gasteiger partial charge is 0.329 e. The molecular formula is C5H12ClN. The van der Waals surface area contributed by atoms with Crippen LogP contribution in [0.1, 0.15) is 20.3 Å². The van der Waals surface area contributed by atoms with Crippen LogP contribution >= 0.6 is 11.6 Å². The van der Waals surface area contributed by atoms with Gasteiger partial charge in [-0.1, -0.05) is 6.92 Å². The Balaban J connectivity index is 3.36. The standard InChI is InChI=1S/C5H12ClN/c1-3-5(2,6)4-7/h3-4,7H2,1-2H3. The van der Waals surface area contributed by atoms with Gasteiger partial charge >= 0.3 is 0 Å². The van der Waals surface area contributed by atoms with Gasteiger partial charge in [-0.05, 0) is 13.3 Å². The molecule has 0 aliphatic rings. The Morgan fingerprint density at radius 1 is 1.71 bits per heavy atom. The van der Waals surface area contributed by atoms with E-state index in [0.717, 1.165) is 6.42 Å². The molecule has 2 heteroatoms. The van der Waals surface area contributed by atoms with E-state index in [1.165, 1.54) is 0 Å². The van der Waals surface area contributed by atoms with E-state index in [-0.39, 0.29) is 4.87 Å². The van der Waals surface area contributed by atoms with Crippen LogP contribution in [0.3, 0.4) is 0 Å². The van der Waals surface area contributed by atoms with Gasteiger partial charge in [0.1, 0.15) is 0 Å². The van der Waals surface area contributed by atoms with Gasteiger partial charge < -0.3 is 5.73 Å². The zero-order chi connectivity index (χ0) is 5.91. The molecule has 1 nitrogen and oxygen atoms in total. The Morgan fingerprint density at radius 2 is 2.14 bits per heavy atom. The van der Waals surface area contributed by atoms with Crippen molar-refractivity contribution < 1.29 is 0 Å². The highest BCUT2D eigenvalue weighted by atomic mass is 35.5. The summed E-state index contributed by atoms with van der Waals surface area (Å²) in [7, 11) is 0. The van der Waals surface area contributed by atoms with Gasteiger partial charge in [-0.3, -0.25) is 0 Å². The van der Waals surface area contributed by atoms with Crippen LogP contribution in [0.5, 0.6) is 0 Å². The molecule has 0 heterocycles. The molecule has 0 aromatic heterocycles. The first-order valence-corrected chi connectivity index (χ1v) is 2.89. The molecule has 44 valence electrons. The SMILES string of the molecule is CCC(C)(Cl)CN. The second-order valence-corrected chi connectivity index (χ2v) is 2.88. The quantitative estimate of drug-likeness (QED) is 0.549. The minimum Gasteiger partial charge on any atom is -0.329 e. The van der Waals surface area contributed by atoms with Crippen molar-refractivity contribution in [2.75, 3.05) is 6.54 Å². The van der Waals surface area contributed by atoms with Crippen molar-refractivity contribution >= 4 is 11.6 Å². The summed E-state index contributed by atoms with van der Waals surface area (Å²) in [5, 5.41) is 0. The second-order valence-electron chi connectivity index (χ2n) is 1.97. The van der Waals surface area contributed by atoms with E-state index >= 15 is 0 Å². The van der Waals surface area contributed by atoms with Gasteiger partial charge in [-0.25, -0.2) is 0 Å². The van der Waals surface area contributed by atoms with Crippen molar-refractivity contribution in [1.29, 1.82) is 0 Å². The average Bonchev–Trinajstić information content (AvgIpc) is 1.68. The summed E-state index contributed by atoms with van der Waals surface area (Å²) < 4.78 is 0. The van der Waals surface area contributed by atoms with Crippen molar-refractivity contribution in [2.45, 2.75) is 25.1 Å². The summed E-state index contributed by atoms with van der Waals surface area (Å²) in [6, 6.07) is 0. The monoisotopic (exact) mass is 121 g/mol. The zero-order valence-corrected chi connectivity index (χ0v) is 5.63. The Kier molecular flexibility index (Phi) is 2.62. The number of hydrogen-bond acceptors (Lipinski definition) is 1. The van der Waals surface area contributed by atoms with E-state index in [0.29, 0.717) is 6.54 Å². The summed E-state index contributed by atoms with van der Waals surface area (Å²) in [6.07, 6.45) is 0.936. The lowest BCUT2D eigenvalue weighted by molar-refractivity contribution is 0.618. The summed E-state index contributed by atoms with van der Waals surface area (Å²) in [4.78, 5) is -0.167. The summed E-state index contributed by atoms with van der Waals surface area (Å²) in [5.41, 5.74) is 5.28. The number of alkyl halides is 1. The Labute approximate surface area is 49.8 Å². The van der Waals surface area contributed by atoms with Crippen LogP contribution in [0.2, 0.25) is 0 Å². The lowest BCUT2D eigenvalue weighted by Gasteiger charge is -2.15. The molecule has 0 saturated carbocycles. The lowest BCUT2D eigenvalue weighted by atomic mass is 10.1. The highest BCUT2D eigenvalue weighted by Crippen LogP contribution is 2.15. The minimum atomic E-state index is -0.167. The highest BCUT2D eigenvalue weighted by Gasteiger charge is 2.13. The van der Waals surface area contributed by atoms with Crippen LogP contribution in [0, 0.1) is 0 Å². The van der Waals surface area contributed by atoms with Crippen LogP contribution in [-0.2, 0) is 0 Å². The molecule has 0 aromatic rings. The van der Waals surface area contributed by atoms with Crippen molar-refractivity contribution in [3.05, 3.63) is 0 Å². The van der Waals surface area contributed by atoms with Gasteiger partial charge in [0, 0.05) is 6.54 Å². The molecule has 0 fully saturated rings. The zero-order valence-electron chi connectivity index (χ0n) is 4.87. The molecule has 0 spiro atoms. The number of rotatable bonds is 2. The molecular weight excluding hydrogens is 110 g/mol. The summed E-state index contributed by atoms with van der Waals surface area (Å²) >= 11 is 5.78.